The SMILES string of the molecule is C[C@@H]1CN(c2ccc(OCCO)cc2)[C@H](c2ccc(Cl)cc2)CN1Cc1ccc(C#N)cc1. The largest absolute Gasteiger partial charge is 0.491 e. The number of anilines is 1. The molecule has 0 unspecified atom stereocenters. The second kappa shape index (κ2) is 10.7. The maximum atomic E-state index is 9.08. The van der Waals surface area contributed by atoms with Crippen molar-refractivity contribution in [2.75, 3.05) is 31.2 Å². The van der Waals surface area contributed by atoms with Crippen LogP contribution in [0.2, 0.25) is 5.02 Å². The van der Waals surface area contributed by atoms with E-state index in [1.165, 1.54) is 11.1 Å². The Morgan fingerprint density at radius 2 is 1.70 bits per heavy atom. The van der Waals surface area contributed by atoms with E-state index in [-0.39, 0.29) is 19.3 Å². The summed E-state index contributed by atoms with van der Waals surface area (Å²) in [7, 11) is 0. The molecule has 5 nitrogen and oxygen atoms in total. The zero-order chi connectivity index (χ0) is 23.2. The van der Waals surface area contributed by atoms with Crippen molar-refractivity contribution in [1.29, 1.82) is 5.26 Å². The number of benzene rings is 3. The topological polar surface area (TPSA) is 59.7 Å². The Morgan fingerprint density at radius 3 is 2.33 bits per heavy atom. The van der Waals surface area contributed by atoms with E-state index in [9.17, 15) is 0 Å². The van der Waals surface area contributed by atoms with Crippen molar-refractivity contribution < 1.29 is 9.84 Å². The van der Waals surface area contributed by atoms with Gasteiger partial charge in [-0.05, 0) is 66.6 Å². The van der Waals surface area contributed by atoms with Crippen LogP contribution in [0.15, 0.2) is 72.8 Å². The van der Waals surface area contributed by atoms with E-state index in [1.54, 1.807) is 0 Å². The predicted molar refractivity (Wildman–Crippen MR) is 132 cm³/mol. The number of nitriles is 1. The van der Waals surface area contributed by atoms with Gasteiger partial charge < -0.3 is 14.7 Å². The third kappa shape index (κ3) is 5.66. The van der Waals surface area contributed by atoms with Crippen LogP contribution in [0.3, 0.4) is 0 Å². The molecular formula is C27H28ClN3O2. The molecule has 4 rings (SSSR count). The molecule has 0 aliphatic carbocycles. The van der Waals surface area contributed by atoms with Gasteiger partial charge >= 0.3 is 0 Å². The van der Waals surface area contributed by atoms with E-state index in [1.807, 2.05) is 48.5 Å². The van der Waals surface area contributed by atoms with E-state index < -0.39 is 0 Å². The van der Waals surface area contributed by atoms with Gasteiger partial charge in [-0.15, -0.1) is 0 Å². The minimum absolute atomic E-state index is 0.000887. The van der Waals surface area contributed by atoms with Gasteiger partial charge in [0.25, 0.3) is 0 Å². The van der Waals surface area contributed by atoms with Gasteiger partial charge in [-0.1, -0.05) is 35.9 Å². The Morgan fingerprint density at radius 1 is 1.00 bits per heavy atom. The molecule has 3 aromatic rings. The minimum Gasteiger partial charge on any atom is -0.491 e. The summed E-state index contributed by atoms with van der Waals surface area (Å²) in [5, 5.41) is 18.8. The summed E-state index contributed by atoms with van der Waals surface area (Å²) >= 11 is 6.17. The van der Waals surface area contributed by atoms with Crippen LogP contribution in [-0.4, -0.2) is 42.4 Å². The maximum absolute atomic E-state index is 9.08. The van der Waals surface area contributed by atoms with Crippen LogP contribution in [0.4, 0.5) is 5.69 Å². The van der Waals surface area contributed by atoms with Gasteiger partial charge in [-0.3, -0.25) is 4.90 Å². The summed E-state index contributed by atoms with van der Waals surface area (Å²) in [6, 6.07) is 26.7. The van der Waals surface area contributed by atoms with E-state index in [0.717, 1.165) is 36.1 Å². The molecule has 1 aliphatic rings. The third-order valence-electron chi connectivity index (χ3n) is 6.12. The van der Waals surface area contributed by atoms with Gasteiger partial charge in [0.15, 0.2) is 0 Å². The van der Waals surface area contributed by atoms with Crippen LogP contribution in [0.5, 0.6) is 5.75 Å². The highest BCUT2D eigenvalue weighted by Crippen LogP contribution is 2.34. The van der Waals surface area contributed by atoms with Crippen LogP contribution >= 0.6 is 11.6 Å². The fraction of sp³-hybridized carbons (Fsp3) is 0.296. The average molecular weight is 462 g/mol. The first-order valence-corrected chi connectivity index (χ1v) is 11.5. The van der Waals surface area contributed by atoms with Gasteiger partial charge in [0.2, 0.25) is 0 Å². The number of nitrogens with zero attached hydrogens (tertiary/aromatic N) is 3. The Balaban J connectivity index is 1.58. The summed E-state index contributed by atoms with van der Waals surface area (Å²) in [4.78, 5) is 4.94. The number of halogens is 1. The molecule has 0 spiro atoms. The minimum atomic E-state index is -0.000887. The average Bonchev–Trinajstić information content (AvgIpc) is 2.85. The molecule has 33 heavy (non-hydrogen) atoms. The summed E-state index contributed by atoms with van der Waals surface area (Å²) < 4.78 is 5.53. The Bertz CT molecular complexity index is 1080. The van der Waals surface area contributed by atoms with E-state index in [4.69, 9.17) is 26.7 Å². The maximum Gasteiger partial charge on any atom is 0.119 e. The summed E-state index contributed by atoms with van der Waals surface area (Å²) in [5.41, 5.74) is 4.24. The Labute approximate surface area is 200 Å². The van der Waals surface area contributed by atoms with Gasteiger partial charge in [0.1, 0.15) is 12.4 Å². The van der Waals surface area contributed by atoms with E-state index >= 15 is 0 Å². The number of ether oxygens (including phenoxy) is 1. The number of hydrogen-bond donors (Lipinski definition) is 1. The number of piperazine rings is 1. The first kappa shape index (κ1) is 23.1. The molecule has 1 saturated heterocycles. The van der Waals surface area contributed by atoms with Crippen LogP contribution in [0, 0.1) is 11.3 Å². The highest BCUT2D eigenvalue weighted by molar-refractivity contribution is 6.30. The van der Waals surface area contributed by atoms with Crippen molar-refractivity contribution in [3.05, 3.63) is 94.5 Å². The fourth-order valence-electron chi connectivity index (χ4n) is 4.32. The molecule has 0 saturated carbocycles. The van der Waals surface area contributed by atoms with Crippen molar-refractivity contribution in [3.63, 3.8) is 0 Å². The number of aliphatic hydroxyl groups is 1. The second-order valence-electron chi connectivity index (χ2n) is 8.37. The molecular weight excluding hydrogens is 434 g/mol. The summed E-state index contributed by atoms with van der Waals surface area (Å²) in [6.45, 7) is 5.12. The van der Waals surface area contributed by atoms with Crippen molar-refractivity contribution in [1.82, 2.24) is 4.90 Å². The number of aliphatic hydroxyl groups excluding tert-OH is 1. The zero-order valence-electron chi connectivity index (χ0n) is 18.7. The summed E-state index contributed by atoms with van der Waals surface area (Å²) in [5.74, 6) is 0.753. The number of hydrogen-bond acceptors (Lipinski definition) is 5. The lowest BCUT2D eigenvalue weighted by Gasteiger charge is -2.47. The van der Waals surface area contributed by atoms with Crippen LogP contribution in [0.1, 0.15) is 29.7 Å². The summed E-state index contributed by atoms with van der Waals surface area (Å²) in [6.07, 6.45) is 0. The zero-order valence-corrected chi connectivity index (χ0v) is 19.4. The lowest BCUT2D eigenvalue weighted by molar-refractivity contribution is 0.153. The Kier molecular flexibility index (Phi) is 7.51. The smallest absolute Gasteiger partial charge is 0.119 e. The van der Waals surface area contributed by atoms with Gasteiger partial charge in [-0.25, -0.2) is 0 Å². The lowest BCUT2D eigenvalue weighted by atomic mass is 9.98. The first-order valence-electron chi connectivity index (χ1n) is 11.2. The molecule has 0 amide bonds. The van der Waals surface area contributed by atoms with Crippen molar-refractivity contribution in [2.45, 2.75) is 25.6 Å². The molecule has 6 heteroatoms. The predicted octanol–water partition coefficient (Wildman–Crippen LogP) is 5.03. The lowest BCUT2D eigenvalue weighted by Crippen LogP contribution is -2.53. The Hall–Kier alpha value is -3.04. The highest BCUT2D eigenvalue weighted by Gasteiger charge is 2.32. The molecule has 1 fully saturated rings. The van der Waals surface area contributed by atoms with Crippen LogP contribution in [0.25, 0.3) is 0 Å². The molecule has 3 aromatic carbocycles. The normalized spacial score (nSPS) is 18.7. The fourth-order valence-corrected chi connectivity index (χ4v) is 4.45. The highest BCUT2D eigenvalue weighted by atomic mass is 35.5. The quantitative estimate of drug-likeness (QED) is 0.534. The third-order valence-corrected chi connectivity index (χ3v) is 6.37. The van der Waals surface area contributed by atoms with Crippen molar-refractivity contribution in [3.8, 4) is 11.8 Å². The van der Waals surface area contributed by atoms with Gasteiger partial charge in [-0.2, -0.15) is 5.26 Å². The molecule has 0 radical (unpaired) electrons. The molecule has 0 bridgehead atoms. The molecule has 0 aromatic heterocycles. The van der Waals surface area contributed by atoms with Gasteiger partial charge in [0.05, 0.1) is 24.3 Å². The molecule has 170 valence electrons. The van der Waals surface area contributed by atoms with Gasteiger partial charge in [0, 0.05) is 36.4 Å². The van der Waals surface area contributed by atoms with E-state index in [2.05, 4.69) is 47.1 Å². The molecule has 1 aliphatic heterocycles. The van der Waals surface area contributed by atoms with E-state index in [0.29, 0.717) is 11.6 Å². The van der Waals surface area contributed by atoms with Crippen molar-refractivity contribution in [2.24, 2.45) is 0 Å². The monoisotopic (exact) mass is 461 g/mol. The van der Waals surface area contributed by atoms with Crippen LogP contribution in [-0.2, 0) is 6.54 Å². The molecule has 1 N–H and O–H groups in total. The molecule has 1 heterocycles. The van der Waals surface area contributed by atoms with Crippen molar-refractivity contribution >= 4 is 17.3 Å². The van der Waals surface area contributed by atoms with Crippen LogP contribution < -0.4 is 9.64 Å². The number of rotatable bonds is 7. The standard InChI is InChI=1S/C27H28ClN3O2/c1-20-17-31(25-10-12-26(13-11-25)33-15-14-32)27(23-6-8-24(28)9-7-23)19-30(20)18-22-4-2-21(16-29)3-5-22/h2-13,20,27,32H,14-15,17-19H2,1H3/t20-,27+/m1/s1. The second-order valence-corrected chi connectivity index (χ2v) is 8.81. The first-order chi connectivity index (χ1) is 16.1. The molecule has 2 atom stereocenters.